The van der Waals surface area contributed by atoms with Gasteiger partial charge in [-0.2, -0.15) is 0 Å². The highest BCUT2D eigenvalue weighted by Crippen LogP contribution is 2.13. The van der Waals surface area contributed by atoms with Crippen molar-refractivity contribution in [3.05, 3.63) is 96.1 Å². The average molecular weight is 375 g/mol. The van der Waals surface area contributed by atoms with Crippen LogP contribution in [0.1, 0.15) is 22.3 Å². The summed E-state index contributed by atoms with van der Waals surface area (Å²) < 4.78 is 11.4. The van der Waals surface area contributed by atoms with Crippen molar-refractivity contribution in [2.45, 2.75) is 13.0 Å². The Labute approximate surface area is 166 Å². The third-order valence-electron chi connectivity index (χ3n) is 4.35. The summed E-state index contributed by atoms with van der Waals surface area (Å²) in [5, 5.41) is 0. The molecule has 144 valence electrons. The number of amides is 1. The SMILES string of the molecule is CN(CCCOc1ccccc1)C(=O)c1ccc(COc2ccccc2)cc1. The van der Waals surface area contributed by atoms with Gasteiger partial charge in [0, 0.05) is 19.2 Å². The highest BCUT2D eigenvalue weighted by Gasteiger charge is 2.11. The third-order valence-corrected chi connectivity index (χ3v) is 4.35. The molecule has 0 radical (unpaired) electrons. The zero-order valence-corrected chi connectivity index (χ0v) is 16.1. The zero-order chi connectivity index (χ0) is 19.6. The Morgan fingerprint density at radius 2 is 1.36 bits per heavy atom. The van der Waals surface area contributed by atoms with Gasteiger partial charge in [-0.05, 0) is 48.4 Å². The first-order valence-corrected chi connectivity index (χ1v) is 9.42. The van der Waals surface area contributed by atoms with E-state index in [9.17, 15) is 4.79 Å². The number of carbonyl (C=O) groups excluding carboxylic acids is 1. The van der Waals surface area contributed by atoms with Crippen molar-refractivity contribution in [2.24, 2.45) is 0 Å². The Morgan fingerprint density at radius 1 is 0.786 bits per heavy atom. The van der Waals surface area contributed by atoms with Crippen LogP contribution in [0.5, 0.6) is 11.5 Å². The first-order valence-electron chi connectivity index (χ1n) is 9.42. The lowest BCUT2D eigenvalue weighted by Gasteiger charge is -2.17. The number of carbonyl (C=O) groups is 1. The molecule has 0 aromatic heterocycles. The normalized spacial score (nSPS) is 10.3. The molecule has 0 unspecified atom stereocenters. The number of hydrogen-bond donors (Lipinski definition) is 0. The van der Waals surface area contributed by atoms with Gasteiger partial charge in [0.25, 0.3) is 5.91 Å². The minimum absolute atomic E-state index is 0.00948. The molecule has 0 N–H and O–H groups in total. The fourth-order valence-corrected chi connectivity index (χ4v) is 2.76. The van der Waals surface area contributed by atoms with Gasteiger partial charge in [-0.15, -0.1) is 0 Å². The first kappa shape index (κ1) is 19.5. The number of hydrogen-bond acceptors (Lipinski definition) is 3. The van der Waals surface area contributed by atoms with Crippen molar-refractivity contribution >= 4 is 5.91 Å². The Bertz CT molecular complexity index is 848. The number of rotatable bonds is 9. The molecule has 0 fully saturated rings. The van der Waals surface area contributed by atoms with E-state index >= 15 is 0 Å². The van der Waals surface area contributed by atoms with Crippen LogP contribution < -0.4 is 9.47 Å². The summed E-state index contributed by atoms with van der Waals surface area (Å²) in [5.41, 5.74) is 1.70. The molecule has 0 aliphatic carbocycles. The van der Waals surface area contributed by atoms with Crippen molar-refractivity contribution in [3.63, 3.8) is 0 Å². The minimum Gasteiger partial charge on any atom is -0.494 e. The maximum absolute atomic E-state index is 12.6. The molecule has 0 spiro atoms. The number of para-hydroxylation sites is 2. The van der Waals surface area contributed by atoms with Crippen LogP contribution in [-0.4, -0.2) is 31.0 Å². The predicted octanol–water partition coefficient (Wildman–Crippen LogP) is 4.81. The summed E-state index contributed by atoms with van der Waals surface area (Å²) in [6.07, 6.45) is 0.778. The molecule has 0 aliphatic heterocycles. The van der Waals surface area contributed by atoms with Gasteiger partial charge in [-0.1, -0.05) is 48.5 Å². The van der Waals surface area contributed by atoms with Crippen molar-refractivity contribution in [3.8, 4) is 11.5 Å². The van der Waals surface area contributed by atoms with Crippen molar-refractivity contribution in [1.29, 1.82) is 0 Å². The Kier molecular flexibility index (Phi) is 7.08. The lowest BCUT2D eigenvalue weighted by molar-refractivity contribution is 0.0788. The van der Waals surface area contributed by atoms with Gasteiger partial charge in [0.05, 0.1) is 6.61 Å². The monoisotopic (exact) mass is 375 g/mol. The topological polar surface area (TPSA) is 38.8 Å². The highest BCUT2D eigenvalue weighted by atomic mass is 16.5. The van der Waals surface area contributed by atoms with E-state index < -0.39 is 0 Å². The molecule has 0 saturated heterocycles. The van der Waals surface area contributed by atoms with Crippen LogP contribution in [0.2, 0.25) is 0 Å². The summed E-state index contributed by atoms with van der Waals surface area (Å²) in [7, 11) is 1.82. The van der Waals surface area contributed by atoms with Gasteiger partial charge in [0.2, 0.25) is 0 Å². The molecule has 0 atom stereocenters. The summed E-state index contributed by atoms with van der Waals surface area (Å²) >= 11 is 0. The van der Waals surface area contributed by atoms with E-state index in [1.165, 1.54) is 0 Å². The van der Waals surface area contributed by atoms with Crippen LogP contribution in [0.15, 0.2) is 84.9 Å². The molecule has 3 aromatic rings. The molecule has 0 saturated carbocycles. The molecule has 0 heterocycles. The molecule has 4 heteroatoms. The largest absolute Gasteiger partial charge is 0.494 e. The Hall–Kier alpha value is -3.27. The third kappa shape index (κ3) is 5.88. The van der Waals surface area contributed by atoms with E-state index in [1.807, 2.05) is 92.0 Å². The van der Waals surface area contributed by atoms with Crippen LogP contribution in [0, 0.1) is 0 Å². The van der Waals surface area contributed by atoms with Crippen molar-refractivity contribution in [1.82, 2.24) is 4.90 Å². The lowest BCUT2D eigenvalue weighted by atomic mass is 10.1. The Morgan fingerprint density at radius 3 is 1.96 bits per heavy atom. The number of benzene rings is 3. The van der Waals surface area contributed by atoms with Crippen LogP contribution in [0.25, 0.3) is 0 Å². The molecule has 0 bridgehead atoms. The second kappa shape index (κ2) is 10.2. The summed E-state index contributed by atoms with van der Waals surface area (Å²) in [6.45, 7) is 1.70. The lowest BCUT2D eigenvalue weighted by Crippen LogP contribution is -2.28. The molecular weight excluding hydrogens is 350 g/mol. The smallest absolute Gasteiger partial charge is 0.253 e. The van der Waals surface area contributed by atoms with E-state index in [4.69, 9.17) is 9.47 Å². The molecule has 3 aromatic carbocycles. The maximum atomic E-state index is 12.6. The number of nitrogens with zero attached hydrogens (tertiary/aromatic N) is 1. The van der Waals surface area contributed by atoms with E-state index in [0.717, 1.165) is 23.5 Å². The summed E-state index contributed by atoms with van der Waals surface area (Å²) in [5.74, 6) is 1.69. The number of ether oxygens (including phenoxy) is 2. The maximum Gasteiger partial charge on any atom is 0.253 e. The minimum atomic E-state index is 0.00948. The standard InChI is InChI=1S/C24H25NO3/c1-25(17-8-18-27-22-9-4-2-5-10-22)24(26)21-15-13-20(14-16-21)19-28-23-11-6-3-7-12-23/h2-7,9-16H,8,17-19H2,1H3. The van der Waals surface area contributed by atoms with E-state index in [-0.39, 0.29) is 5.91 Å². The second-order valence-corrected chi connectivity index (χ2v) is 6.54. The van der Waals surface area contributed by atoms with Gasteiger partial charge >= 0.3 is 0 Å². The van der Waals surface area contributed by atoms with Crippen molar-refractivity contribution in [2.75, 3.05) is 20.2 Å². The predicted molar refractivity (Wildman–Crippen MR) is 111 cm³/mol. The summed E-state index contributed by atoms with van der Waals surface area (Å²) in [6, 6.07) is 27.0. The van der Waals surface area contributed by atoms with Gasteiger partial charge in [-0.25, -0.2) is 0 Å². The van der Waals surface area contributed by atoms with Gasteiger partial charge < -0.3 is 14.4 Å². The molecule has 0 aliphatic rings. The average Bonchev–Trinajstić information content (AvgIpc) is 2.76. The fourth-order valence-electron chi connectivity index (χ4n) is 2.76. The second-order valence-electron chi connectivity index (χ2n) is 6.54. The fraction of sp³-hybridized carbons (Fsp3) is 0.208. The highest BCUT2D eigenvalue weighted by molar-refractivity contribution is 5.94. The van der Waals surface area contributed by atoms with E-state index in [0.29, 0.717) is 25.3 Å². The molecule has 28 heavy (non-hydrogen) atoms. The first-order chi connectivity index (χ1) is 13.7. The van der Waals surface area contributed by atoms with E-state index in [1.54, 1.807) is 4.90 Å². The van der Waals surface area contributed by atoms with Gasteiger partial charge in [-0.3, -0.25) is 4.79 Å². The quantitative estimate of drug-likeness (QED) is 0.504. The van der Waals surface area contributed by atoms with Crippen LogP contribution in [0.4, 0.5) is 0 Å². The van der Waals surface area contributed by atoms with Crippen LogP contribution in [-0.2, 0) is 6.61 Å². The summed E-state index contributed by atoms with van der Waals surface area (Å²) in [4.78, 5) is 14.3. The van der Waals surface area contributed by atoms with Crippen LogP contribution >= 0.6 is 0 Å². The molecule has 1 amide bonds. The molecule has 3 rings (SSSR count). The molecular formula is C24H25NO3. The van der Waals surface area contributed by atoms with Gasteiger partial charge in [0.1, 0.15) is 18.1 Å². The van der Waals surface area contributed by atoms with Crippen LogP contribution in [0.3, 0.4) is 0 Å². The molecule has 4 nitrogen and oxygen atoms in total. The Balaban J connectivity index is 1.42. The van der Waals surface area contributed by atoms with Crippen molar-refractivity contribution < 1.29 is 14.3 Å². The van der Waals surface area contributed by atoms with E-state index in [2.05, 4.69) is 0 Å². The zero-order valence-electron chi connectivity index (χ0n) is 16.1. The van der Waals surface area contributed by atoms with Gasteiger partial charge in [0.15, 0.2) is 0 Å².